The van der Waals surface area contributed by atoms with Crippen LogP contribution in [0.15, 0.2) is 79.1 Å². The second-order valence-electron chi connectivity index (χ2n) is 5.97. The van der Waals surface area contributed by atoms with Crippen LogP contribution in [0.3, 0.4) is 0 Å². The number of amides is 1. The number of rotatable bonds is 6. The molecule has 5 heteroatoms. The number of aromatic hydroxyl groups is 1. The van der Waals surface area contributed by atoms with Crippen LogP contribution in [0.2, 0.25) is 0 Å². The number of benzene rings is 2. The van der Waals surface area contributed by atoms with E-state index in [4.69, 9.17) is 4.74 Å². The van der Waals surface area contributed by atoms with Crippen LogP contribution in [-0.4, -0.2) is 11.0 Å². The summed E-state index contributed by atoms with van der Waals surface area (Å²) >= 11 is 0. The summed E-state index contributed by atoms with van der Waals surface area (Å²) in [5, 5.41) is 12.4. The molecule has 0 aliphatic rings. The minimum absolute atomic E-state index is 0.118. The monoisotopic (exact) mass is 349 g/mol. The molecule has 1 atom stereocenters. The van der Waals surface area contributed by atoms with Gasteiger partial charge < -0.3 is 15.2 Å². The second-order valence-corrected chi connectivity index (χ2v) is 5.97. The molecule has 0 saturated heterocycles. The van der Waals surface area contributed by atoms with Gasteiger partial charge in [-0.15, -0.1) is 0 Å². The standard InChI is InChI=1S/C21H20N2O3/c1-16(23-13-5-8-19(24)14-23)21(25)22-18-9-11-20(12-10-18)26-15-17-6-3-2-4-7-17/h2-14,16H,15H2,1H3,(H-,22,24,25)/p+1/t16-/m1/s1. The Hall–Kier alpha value is -3.34. The summed E-state index contributed by atoms with van der Waals surface area (Å²) in [5.41, 5.74) is 1.79. The van der Waals surface area contributed by atoms with Gasteiger partial charge in [-0.2, -0.15) is 4.57 Å². The minimum Gasteiger partial charge on any atom is -0.503 e. The fourth-order valence-electron chi connectivity index (χ4n) is 2.48. The molecule has 1 amide bonds. The number of pyridine rings is 1. The van der Waals surface area contributed by atoms with Gasteiger partial charge in [0.2, 0.25) is 12.2 Å². The van der Waals surface area contributed by atoms with Crippen molar-refractivity contribution in [2.24, 2.45) is 0 Å². The van der Waals surface area contributed by atoms with E-state index in [1.165, 1.54) is 6.20 Å². The Labute approximate surface area is 152 Å². The van der Waals surface area contributed by atoms with Crippen LogP contribution >= 0.6 is 0 Å². The van der Waals surface area contributed by atoms with Crippen molar-refractivity contribution in [3.05, 3.63) is 84.7 Å². The summed E-state index contributed by atoms with van der Waals surface area (Å²) in [7, 11) is 0. The van der Waals surface area contributed by atoms with E-state index in [2.05, 4.69) is 5.32 Å². The number of nitrogens with zero attached hydrogens (tertiary/aromatic N) is 1. The Morgan fingerprint density at radius 1 is 1.08 bits per heavy atom. The molecule has 0 aliphatic heterocycles. The largest absolute Gasteiger partial charge is 0.503 e. The Morgan fingerprint density at radius 3 is 2.50 bits per heavy atom. The van der Waals surface area contributed by atoms with Crippen molar-refractivity contribution in [3.63, 3.8) is 0 Å². The summed E-state index contributed by atoms with van der Waals surface area (Å²) in [6, 6.07) is 20.0. The zero-order valence-electron chi connectivity index (χ0n) is 14.5. The lowest BCUT2D eigenvalue weighted by atomic mass is 10.2. The summed E-state index contributed by atoms with van der Waals surface area (Å²) in [4.78, 5) is 12.4. The predicted octanol–water partition coefficient (Wildman–Crippen LogP) is 3.46. The summed E-state index contributed by atoms with van der Waals surface area (Å²) in [6.07, 6.45) is 3.26. The van der Waals surface area contributed by atoms with E-state index in [1.807, 2.05) is 42.5 Å². The van der Waals surface area contributed by atoms with Gasteiger partial charge in [-0.1, -0.05) is 30.3 Å². The van der Waals surface area contributed by atoms with Crippen LogP contribution in [-0.2, 0) is 11.4 Å². The normalized spacial score (nSPS) is 11.6. The van der Waals surface area contributed by atoms with Gasteiger partial charge in [0, 0.05) is 18.7 Å². The summed E-state index contributed by atoms with van der Waals surface area (Å²) in [5.74, 6) is 0.688. The maximum absolute atomic E-state index is 12.4. The van der Waals surface area contributed by atoms with Gasteiger partial charge in [-0.25, -0.2) is 0 Å². The van der Waals surface area contributed by atoms with Crippen LogP contribution in [0.4, 0.5) is 5.69 Å². The van der Waals surface area contributed by atoms with Crippen LogP contribution in [0.1, 0.15) is 18.5 Å². The number of aromatic nitrogens is 1. The van der Waals surface area contributed by atoms with Crippen molar-refractivity contribution >= 4 is 11.6 Å². The van der Waals surface area contributed by atoms with E-state index in [1.54, 1.807) is 42.0 Å². The lowest BCUT2D eigenvalue weighted by Crippen LogP contribution is -2.43. The van der Waals surface area contributed by atoms with Gasteiger partial charge in [0.15, 0.2) is 11.9 Å². The average molecular weight is 349 g/mol. The number of nitrogens with one attached hydrogen (secondary N) is 1. The van der Waals surface area contributed by atoms with Gasteiger partial charge in [0.05, 0.1) is 0 Å². The van der Waals surface area contributed by atoms with Crippen LogP contribution < -0.4 is 14.6 Å². The van der Waals surface area contributed by atoms with E-state index in [0.717, 1.165) is 11.3 Å². The second kappa shape index (κ2) is 8.16. The highest BCUT2D eigenvalue weighted by atomic mass is 16.5. The Bertz CT molecular complexity index is 864. The number of carbonyl (C=O) groups excluding carboxylic acids is 1. The smallest absolute Gasteiger partial charge is 0.293 e. The first-order valence-corrected chi connectivity index (χ1v) is 8.39. The number of hydrogen-bond donors (Lipinski definition) is 2. The zero-order chi connectivity index (χ0) is 18.4. The van der Waals surface area contributed by atoms with Gasteiger partial charge in [0.25, 0.3) is 5.91 Å². The molecule has 0 spiro atoms. The molecule has 2 N–H and O–H groups in total. The highest BCUT2D eigenvalue weighted by Gasteiger charge is 2.22. The molecule has 0 aliphatic carbocycles. The quantitative estimate of drug-likeness (QED) is 0.670. The molecule has 0 saturated carbocycles. The molecule has 3 rings (SSSR count). The van der Waals surface area contributed by atoms with E-state index in [0.29, 0.717) is 12.3 Å². The number of hydrogen-bond acceptors (Lipinski definition) is 3. The maximum atomic E-state index is 12.4. The molecule has 0 radical (unpaired) electrons. The number of ether oxygens (including phenoxy) is 1. The van der Waals surface area contributed by atoms with Crippen molar-refractivity contribution in [2.45, 2.75) is 19.6 Å². The van der Waals surface area contributed by atoms with Crippen LogP contribution in [0.25, 0.3) is 0 Å². The molecule has 1 aromatic heterocycles. The molecule has 0 fully saturated rings. The summed E-state index contributed by atoms with van der Waals surface area (Å²) in [6.45, 7) is 2.27. The van der Waals surface area contributed by atoms with E-state index in [-0.39, 0.29) is 11.7 Å². The van der Waals surface area contributed by atoms with Crippen LogP contribution in [0, 0.1) is 0 Å². The maximum Gasteiger partial charge on any atom is 0.293 e. The van der Waals surface area contributed by atoms with Crippen molar-refractivity contribution in [1.82, 2.24) is 0 Å². The molecule has 5 nitrogen and oxygen atoms in total. The highest BCUT2D eigenvalue weighted by Crippen LogP contribution is 2.18. The molecule has 3 aromatic rings. The van der Waals surface area contributed by atoms with E-state index < -0.39 is 6.04 Å². The van der Waals surface area contributed by atoms with E-state index in [9.17, 15) is 9.90 Å². The predicted molar refractivity (Wildman–Crippen MR) is 98.9 cm³/mol. The molecular weight excluding hydrogens is 328 g/mol. The van der Waals surface area contributed by atoms with Gasteiger partial charge in [0.1, 0.15) is 12.4 Å². The first kappa shape index (κ1) is 17.5. The molecule has 0 unspecified atom stereocenters. The number of carbonyl (C=O) groups is 1. The topological polar surface area (TPSA) is 62.4 Å². The molecule has 132 valence electrons. The zero-order valence-corrected chi connectivity index (χ0v) is 14.5. The minimum atomic E-state index is -0.448. The van der Waals surface area contributed by atoms with Crippen molar-refractivity contribution < 1.29 is 19.2 Å². The van der Waals surface area contributed by atoms with Crippen molar-refractivity contribution in [2.75, 3.05) is 5.32 Å². The van der Waals surface area contributed by atoms with Gasteiger partial charge in [-0.3, -0.25) is 4.79 Å². The third kappa shape index (κ3) is 4.60. The van der Waals surface area contributed by atoms with Crippen LogP contribution in [0.5, 0.6) is 11.5 Å². The van der Waals surface area contributed by atoms with E-state index >= 15 is 0 Å². The highest BCUT2D eigenvalue weighted by molar-refractivity contribution is 5.92. The fraction of sp³-hybridized carbons (Fsp3) is 0.143. The lowest BCUT2D eigenvalue weighted by molar-refractivity contribution is -0.705. The molecule has 1 heterocycles. The molecule has 2 aromatic carbocycles. The number of anilines is 1. The first-order valence-electron chi connectivity index (χ1n) is 8.39. The average Bonchev–Trinajstić information content (AvgIpc) is 2.67. The first-order chi connectivity index (χ1) is 12.6. The Kier molecular flexibility index (Phi) is 5.49. The third-order valence-electron chi connectivity index (χ3n) is 4.00. The Balaban J connectivity index is 1.57. The molecular formula is C21H21N2O3+. The fourth-order valence-corrected chi connectivity index (χ4v) is 2.48. The Morgan fingerprint density at radius 2 is 1.81 bits per heavy atom. The summed E-state index contributed by atoms with van der Waals surface area (Å²) < 4.78 is 7.39. The lowest BCUT2D eigenvalue weighted by Gasteiger charge is -2.10. The van der Waals surface area contributed by atoms with Gasteiger partial charge in [-0.05, 0) is 35.9 Å². The molecule has 26 heavy (non-hydrogen) atoms. The third-order valence-corrected chi connectivity index (χ3v) is 4.00. The van der Waals surface area contributed by atoms with Crippen molar-refractivity contribution in [3.8, 4) is 11.5 Å². The van der Waals surface area contributed by atoms with Crippen molar-refractivity contribution in [1.29, 1.82) is 0 Å². The SMILES string of the molecule is C[C@H](C(=O)Nc1ccc(OCc2ccccc2)cc1)[n+]1cccc(O)c1. The van der Waals surface area contributed by atoms with Gasteiger partial charge >= 0.3 is 0 Å². The molecule has 0 bridgehead atoms.